The van der Waals surface area contributed by atoms with E-state index in [9.17, 15) is 4.79 Å². The number of carbonyl (C=O) groups excluding carboxylic acids is 1. The summed E-state index contributed by atoms with van der Waals surface area (Å²) in [4.78, 5) is 16.4. The van der Waals surface area contributed by atoms with Crippen molar-refractivity contribution < 1.29 is 14.3 Å². The Balaban J connectivity index is 1.37. The Bertz CT molecular complexity index is 732. The van der Waals surface area contributed by atoms with Crippen molar-refractivity contribution in [2.45, 2.75) is 25.4 Å². The standard InChI is InChI=1S/C19H22N2O3S/c22-19(14-5-6-17-18(11-14)24-9-8-23-17)20-15-3-1-7-21(12-15)13-16-4-2-10-25-16/h2,4-6,10-11,15H,1,3,7-9,12-13H2,(H,20,22)/t15-/m0/s1. The van der Waals surface area contributed by atoms with Crippen molar-refractivity contribution in [3.8, 4) is 11.5 Å². The molecule has 2 aromatic rings. The number of ether oxygens (including phenoxy) is 2. The Morgan fingerprint density at radius 1 is 1.24 bits per heavy atom. The first-order valence-corrected chi connectivity index (χ1v) is 9.61. The number of carbonyl (C=O) groups is 1. The maximum atomic E-state index is 12.6. The third-order valence-electron chi connectivity index (χ3n) is 4.60. The molecule has 0 radical (unpaired) electrons. The monoisotopic (exact) mass is 358 g/mol. The molecule has 0 unspecified atom stereocenters. The Hall–Kier alpha value is -2.05. The fourth-order valence-corrected chi connectivity index (χ4v) is 4.14. The SMILES string of the molecule is O=C(N[C@H]1CCCN(Cc2cccs2)C1)c1ccc2c(c1)OCCO2. The van der Waals surface area contributed by atoms with Crippen LogP contribution in [0, 0.1) is 0 Å². The van der Waals surface area contributed by atoms with Gasteiger partial charge >= 0.3 is 0 Å². The largest absolute Gasteiger partial charge is 0.486 e. The van der Waals surface area contributed by atoms with Crippen molar-refractivity contribution in [2.75, 3.05) is 26.3 Å². The topological polar surface area (TPSA) is 50.8 Å². The van der Waals surface area contributed by atoms with E-state index in [-0.39, 0.29) is 11.9 Å². The summed E-state index contributed by atoms with van der Waals surface area (Å²) in [5.74, 6) is 1.32. The van der Waals surface area contributed by atoms with E-state index in [1.54, 1.807) is 23.5 Å². The second kappa shape index (κ2) is 7.45. The highest BCUT2D eigenvalue weighted by molar-refractivity contribution is 7.09. The number of fused-ring (bicyclic) bond motifs is 1. The third-order valence-corrected chi connectivity index (χ3v) is 5.47. The van der Waals surface area contributed by atoms with E-state index in [4.69, 9.17) is 9.47 Å². The molecule has 1 N–H and O–H groups in total. The average Bonchev–Trinajstić information content (AvgIpc) is 3.14. The summed E-state index contributed by atoms with van der Waals surface area (Å²) >= 11 is 1.79. The lowest BCUT2D eigenvalue weighted by atomic mass is 10.0. The van der Waals surface area contributed by atoms with Gasteiger partial charge in [-0.3, -0.25) is 9.69 Å². The van der Waals surface area contributed by atoms with Crippen LogP contribution in [0.3, 0.4) is 0 Å². The van der Waals surface area contributed by atoms with Gasteiger partial charge in [-0.15, -0.1) is 11.3 Å². The quantitative estimate of drug-likeness (QED) is 0.913. The maximum absolute atomic E-state index is 12.6. The van der Waals surface area contributed by atoms with Gasteiger partial charge in [0.05, 0.1) is 0 Å². The molecule has 3 heterocycles. The molecule has 1 atom stereocenters. The Labute approximate surface area is 151 Å². The van der Waals surface area contributed by atoms with E-state index in [1.165, 1.54) is 4.88 Å². The molecule has 25 heavy (non-hydrogen) atoms. The number of nitrogens with one attached hydrogen (secondary N) is 1. The van der Waals surface area contributed by atoms with Gasteiger partial charge in [-0.25, -0.2) is 0 Å². The van der Waals surface area contributed by atoms with Crippen LogP contribution in [-0.2, 0) is 6.54 Å². The number of nitrogens with zero attached hydrogens (tertiary/aromatic N) is 1. The number of hydrogen-bond donors (Lipinski definition) is 1. The zero-order valence-corrected chi connectivity index (χ0v) is 14.9. The first-order valence-electron chi connectivity index (χ1n) is 8.73. The van der Waals surface area contributed by atoms with Gasteiger partial charge < -0.3 is 14.8 Å². The second-order valence-electron chi connectivity index (χ2n) is 6.49. The van der Waals surface area contributed by atoms with Crippen LogP contribution in [0.1, 0.15) is 28.1 Å². The van der Waals surface area contributed by atoms with Gasteiger partial charge in [0.1, 0.15) is 13.2 Å². The lowest BCUT2D eigenvalue weighted by Gasteiger charge is -2.32. The molecule has 1 amide bonds. The van der Waals surface area contributed by atoms with Crippen LogP contribution in [0.15, 0.2) is 35.7 Å². The molecule has 0 saturated carbocycles. The summed E-state index contributed by atoms with van der Waals surface area (Å²) in [6, 6.07) is 9.83. The van der Waals surface area contributed by atoms with Gasteiger partial charge in [0.2, 0.25) is 0 Å². The molecular formula is C19H22N2O3S. The van der Waals surface area contributed by atoms with Crippen LogP contribution in [0.4, 0.5) is 0 Å². The van der Waals surface area contributed by atoms with Crippen LogP contribution >= 0.6 is 11.3 Å². The average molecular weight is 358 g/mol. The lowest BCUT2D eigenvalue weighted by molar-refractivity contribution is 0.0900. The van der Waals surface area contributed by atoms with Gasteiger partial charge in [0, 0.05) is 29.6 Å². The van der Waals surface area contributed by atoms with E-state index in [0.29, 0.717) is 30.3 Å². The molecule has 6 heteroatoms. The maximum Gasteiger partial charge on any atom is 0.251 e. The minimum atomic E-state index is -0.0417. The molecule has 1 aromatic carbocycles. The van der Waals surface area contributed by atoms with Crippen LogP contribution in [0.5, 0.6) is 11.5 Å². The highest BCUT2D eigenvalue weighted by atomic mass is 32.1. The van der Waals surface area contributed by atoms with Crippen molar-refractivity contribution in [1.82, 2.24) is 10.2 Å². The first-order chi connectivity index (χ1) is 12.3. The predicted octanol–water partition coefficient (Wildman–Crippen LogP) is 2.91. The zero-order chi connectivity index (χ0) is 17.1. The summed E-state index contributed by atoms with van der Waals surface area (Å²) in [7, 11) is 0. The number of piperidine rings is 1. The van der Waals surface area contributed by atoms with Gasteiger partial charge in [-0.05, 0) is 49.0 Å². The number of rotatable bonds is 4. The fraction of sp³-hybridized carbons (Fsp3) is 0.421. The molecule has 0 bridgehead atoms. The molecular weight excluding hydrogens is 336 g/mol. The second-order valence-corrected chi connectivity index (χ2v) is 7.52. The minimum absolute atomic E-state index is 0.0417. The number of likely N-dealkylation sites (tertiary alicyclic amines) is 1. The van der Waals surface area contributed by atoms with Crippen molar-refractivity contribution in [2.24, 2.45) is 0 Å². The van der Waals surface area contributed by atoms with Crippen LogP contribution in [0.2, 0.25) is 0 Å². The Kier molecular flexibility index (Phi) is 4.90. The summed E-state index contributed by atoms with van der Waals surface area (Å²) < 4.78 is 11.1. The van der Waals surface area contributed by atoms with Crippen LogP contribution < -0.4 is 14.8 Å². The lowest BCUT2D eigenvalue weighted by Crippen LogP contribution is -2.47. The molecule has 1 aromatic heterocycles. The third kappa shape index (κ3) is 3.96. The van der Waals surface area contributed by atoms with E-state index < -0.39 is 0 Å². The number of thiophene rings is 1. The van der Waals surface area contributed by atoms with Gasteiger partial charge in [0.15, 0.2) is 11.5 Å². The summed E-state index contributed by atoms with van der Waals surface area (Å²) in [6.07, 6.45) is 2.13. The Morgan fingerprint density at radius 2 is 2.12 bits per heavy atom. The molecule has 2 aliphatic rings. The van der Waals surface area contributed by atoms with Crippen molar-refractivity contribution in [1.29, 1.82) is 0 Å². The van der Waals surface area contributed by atoms with Crippen LogP contribution in [0.25, 0.3) is 0 Å². The molecule has 2 aliphatic heterocycles. The van der Waals surface area contributed by atoms with Crippen molar-refractivity contribution in [3.63, 3.8) is 0 Å². The summed E-state index contributed by atoms with van der Waals surface area (Å²) in [5.41, 5.74) is 0.625. The minimum Gasteiger partial charge on any atom is -0.486 e. The summed E-state index contributed by atoms with van der Waals surface area (Å²) in [5, 5.41) is 5.29. The molecule has 1 fully saturated rings. The highest BCUT2D eigenvalue weighted by Crippen LogP contribution is 2.30. The van der Waals surface area contributed by atoms with Crippen LogP contribution in [-0.4, -0.2) is 43.2 Å². The molecule has 132 valence electrons. The van der Waals surface area contributed by atoms with E-state index in [1.807, 2.05) is 6.07 Å². The molecule has 0 spiro atoms. The molecule has 5 nitrogen and oxygen atoms in total. The summed E-state index contributed by atoms with van der Waals surface area (Å²) in [6.45, 7) is 4.04. The smallest absolute Gasteiger partial charge is 0.251 e. The molecule has 1 saturated heterocycles. The van der Waals surface area contributed by atoms with E-state index in [2.05, 4.69) is 27.7 Å². The number of hydrogen-bond acceptors (Lipinski definition) is 5. The van der Waals surface area contributed by atoms with Gasteiger partial charge in [-0.2, -0.15) is 0 Å². The van der Waals surface area contributed by atoms with Crippen molar-refractivity contribution >= 4 is 17.2 Å². The Morgan fingerprint density at radius 3 is 2.96 bits per heavy atom. The van der Waals surface area contributed by atoms with Gasteiger partial charge in [0.25, 0.3) is 5.91 Å². The normalized spacial score (nSPS) is 20.2. The zero-order valence-electron chi connectivity index (χ0n) is 14.1. The van der Waals surface area contributed by atoms with Gasteiger partial charge in [-0.1, -0.05) is 6.07 Å². The van der Waals surface area contributed by atoms with E-state index in [0.717, 1.165) is 32.5 Å². The predicted molar refractivity (Wildman–Crippen MR) is 97.5 cm³/mol. The molecule has 0 aliphatic carbocycles. The molecule has 4 rings (SSSR count). The van der Waals surface area contributed by atoms with Crippen molar-refractivity contribution in [3.05, 3.63) is 46.2 Å². The number of amides is 1. The highest BCUT2D eigenvalue weighted by Gasteiger charge is 2.23. The number of benzene rings is 1. The van der Waals surface area contributed by atoms with E-state index >= 15 is 0 Å². The first kappa shape index (κ1) is 16.4. The fourth-order valence-electron chi connectivity index (χ4n) is 3.39.